The van der Waals surface area contributed by atoms with Gasteiger partial charge < -0.3 is 5.32 Å². The molecule has 2 aromatic rings. The number of thiophene rings is 1. The van der Waals surface area contributed by atoms with E-state index in [9.17, 15) is 9.18 Å². The van der Waals surface area contributed by atoms with Gasteiger partial charge in [-0.2, -0.15) is 0 Å². The summed E-state index contributed by atoms with van der Waals surface area (Å²) in [5.41, 5.74) is 1.16. The second-order valence-corrected chi connectivity index (χ2v) is 5.06. The van der Waals surface area contributed by atoms with Crippen LogP contribution < -0.4 is 5.32 Å². The van der Waals surface area contributed by atoms with Crippen molar-refractivity contribution in [2.75, 3.05) is 0 Å². The summed E-state index contributed by atoms with van der Waals surface area (Å²) in [6.45, 7) is 2.36. The van der Waals surface area contributed by atoms with Gasteiger partial charge in [0.1, 0.15) is 11.0 Å². The fourth-order valence-electron chi connectivity index (χ4n) is 1.42. The van der Waals surface area contributed by atoms with Crippen LogP contribution in [0.1, 0.15) is 20.8 Å². The maximum Gasteiger partial charge on any atom is 0.254 e. The van der Waals surface area contributed by atoms with Crippen LogP contribution in [0, 0.1) is 12.7 Å². The van der Waals surface area contributed by atoms with Crippen molar-refractivity contribution in [2.45, 2.75) is 13.5 Å². The van der Waals surface area contributed by atoms with Crippen molar-refractivity contribution in [2.24, 2.45) is 0 Å². The average Bonchev–Trinajstić information content (AvgIpc) is 2.75. The molecule has 0 aliphatic heterocycles. The lowest BCUT2D eigenvalue weighted by atomic mass is 10.2. The first kappa shape index (κ1) is 13.0. The van der Waals surface area contributed by atoms with Crippen LogP contribution in [0.25, 0.3) is 0 Å². The first-order valence-electron chi connectivity index (χ1n) is 5.20. The predicted molar refractivity (Wildman–Crippen MR) is 69.4 cm³/mol. The Morgan fingerprint density at radius 2 is 2.39 bits per heavy atom. The van der Waals surface area contributed by atoms with Crippen LogP contribution in [0.2, 0.25) is 5.15 Å². The number of hydrogen-bond acceptors (Lipinski definition) is 3. The fourth-order valence-corrected chi connectivity index (χ4v) is 2.46. The van der Waals surface area contributed by atoms with Crippen molar-refractivity contribution >= 4 is 28.8 Å². The van der Waals surface area contributed by atoms with Gasteiger partial charge in [0.15, 0.2) is 0 Å². The highest BCUT2D eigenvalue weighted by atomic mass is 35.5. The highest BCUT2D eigenvalue weighted by molar-refractivity contribution is 7.10. The molecule has 94 valence electrons. The zero-order valence-electron chi connectivity index (χ0n) is 9.54. The molecular weight excluding hydrogens is 275 g/mol. The third-order valence-electron chi connectivity index (χ3n) is 2.43. The molecule has 0 saturated heterocycles. The normalized spacial score (nSPS) is 10.4. The van der Waals surface area contributed by atoms with E-state index in [4.69, 9.17) is 11.6 Å². The molecule has 0 saturated carbocycles. The Morgan fingerprint density at radius 3 is 3.06 bits per heavy atom. The predicted octanol–water partition coefficient (Wildman–Crippen LogP) is 3.17. The molecule has 6 heteroatoms. The Labute approximate surface area is 113 Å². The van der Waals surface area contributed by atoms with Gasteiger partial charge in [0, 0.05) is 4.88 Å². The number of nitrogens with one attached hydrogen (secondary N) is 1. The number of amides is 1. The molecule has 0 bridgehead atoms. The van der Waals surface area contributed by atoms with Crippen LogP contribution in [0.5, 0.6) is 0 Å². The van der Waals surface area contributed by atoms with Crippen LogP contribution in [0.3, 0.4) is 0 Å². The number of nitrogens with zero attached hydrogens (tertiary/aromatic N) is 1. The van der Waals surface area contributed by atoms with E-state index < -0.39 is 11.7 Å². The molecular formula is C12H10ClFN2OS. The summed E-state index contributed by atoms with van der Waals surface area (Å²) < 4.78 is 13.0. The molecule has 0 aliphatic rings. The largest absolute Gasteiger partial charge is 0.347 e. The number of aromatic nitrogens is 1. The highest BCUT2D eigenvalue weighted by Gasteiger charge is 2.13. The number of pyridine rings is 1. The molecule has 1 N–H and O–H groups in total. The van der Waals surface area contributed by atoms with E-state index in [2.05, 4.69) is 10.3 Å². The molecule has 18 heavy (non-hydrogen) atoms. The topological polar surface area (TPSA) is 42.0 Å². The zero-order chi connectivity index (χ0) is 13.1. The second kappa shape index (κ2) is 5.46. The number of aryl methyl sites for hydroxylation is 1. The Hall–Kier alpha value is -1.46. The average molecular weight is 285 g/mol. The summed E-state index contributed by atoms with van der Waals surface area (Å²) in [7, 11) is 0. The van der Waals surface area contributed by atoms with Gasteiger partial charge >= 0.3 is 0 Å². The fraction of sp³-hybridized carbons (Fsp3) is 0.167. The van der Waals surface area contributed by atoms with Crippen molar-refractivity contribution in [3.05, 3.63) is 50.7 Å². The summed E-state index contributed by atoms with van der Waals surface area (Å²) in [6, 6.07) is 3.05. The minimum absolute atomic E-state index is 0.00296. The smallest absolute Gasteiger partial charge is 0.254 e. The van der Waals surface area contributed by atoms with Crippen LogP contribution in [-0.4, -0.2) is 10.9 Å². The van der Waals surface area contributed by atoms with Gasteiger partial charge in [0.05, 0.1) is 18.3 Å². The quantitative estimate of drug-likeness (QED) is 0.880. The van der Waals surface area contributed by atoms with Crippen molar-refractivity contribution < 1.29 is 9.18 Å². The minimum Gasteiger partial charge on any atom is -0.347 e. The SMILES string of the molecule is Cc1ccsc1CNC(=O)c1cc(F)cnc1Cl. The molecule has 0 fully saturated rings. The Balaban J connectivity index is 2.08. The summed E-state index contributed by atoms with van der Waals surface area (Å²) in [4.78, 5) is 16.5. The molecule has 3 nitrogen and oxygen atoms in total. The van der Waals surface area contributed by atoms with Gasteiger partial charge in [-0.3, -0.25) is 4.79 Å². The van der Waals surface area contributed by atoms with E-state index in [-0.39, 0.29) is 10.7 Å². The lowest BCUT2D eigenvalue weighted by Gasteiger charge is -2.06. The van der Waals surface area contributed by atoms with Gasteiger partial charge in [0.2, 0.25) is 0 Å². The summed E-state index contributed by atoms with van der Waals surface area (Å²) >= 11 is 7.30. The molecule has 0 unspecified atom stereocenters. The van der Waals surface area contributed by atoms with E-state index in [0.717, 1.165) is 22.7 Å². The third kappa shape index (κ3) is 2.86. The molecule has 0 aromatic carbocycles. The van der Waals surface area contributed by atoms with Gasteiger partial charge in [-0.1, -0.05) is 11.6 Å². The molecule has 2 heterocycles. The molecule has 1 amide bonds. The van der Waals surface area contributed by atoms with Gasteiger partial charge in [-0.05, 0) is 30.0 Å². The zero-order valence-corrected chi connectivity index (χ0v) is 11.1. The minimum atomic E-state index is -0.586. The molecule has 0 radical (unpaired) electrons. The van der Waals surface area contributed by atoms with Gasteiger partial charge in [-0.25, -0.2) is 9.37 Å². The van der Waals surface area contributed by atoms with Crippen LogP contribution in [0.15, 0.2) is 23.7 Å². The van der Waals surface area contributed by atoms with Gasteiger partial charge in [0.25, 0.3) is 5.91 Å². The summed E-state index contributed by atoms with van der Waals surface area (Å²) in [5.74, 6) is -1.02. The van der Waals surface area contributed by atoms with E-state index >= 15 is 0 Å². The highest BCUT2D eigenvalue weighted by Crippen LogP contribution is 2.17. The van der Waals surface area contributed by atoms with E-state index in [0.29, 0.717) is 6.54 Å². The standard InChI is InChI=1S/C12H10ClFN2OS/c1-7-2-3-18-10(7)6-16-12(17)9-4-8(14)5-15-11(9)13/h2-5H,6H2,1H3,(H,16,17). The monoisotopic (exact) mass is 284 g/mol. The lowest BCUT2D eigenvalue weighted by Crippen LogP contribution is -2.23. The third-order valence-corrected chi connectivity index (χ3v) is 3.75. The Kier molecular flexibility index (Phi) is 3.93. The molecule has 2 aromatic heterocycles. The van der Waals surface area contributed by atoms with E-state index in [1.165, 1.54) is 0 Å². The Bertz CT molecular complexity index is 585. The first-order valence-corrected chi connectivity index (χ1v) is 6.46. The maximum atomic E-state index is 13.0. The second-order valence-electron chi connectivity index (χ2n) is 3.70. The van der Waals surface area contributed by atoms with E-state index in [1.54, 1.807) is 11.3 Å². The lowest BCUT2D eigenvalue weighted by molar-refractivity contribution is 0.0950. The van der Waals surface area contributed by atoms with Crippen molar-refractivity contribution in [1.82, 2.24) is 10.3 Å². The van der Waals surface area contributed by atoms with E-state index in [1.807, 2.05) is 18.4 Å². The number of rotatable bonds is 3. The van der Waals surface area contributed by atoms with Crippen molar-refractivity contribution in [3.63, 3.8) is 0 Å². The molecule has 0 aliphatic carbocycles. The Morgan fingerprint density at radius 1 is 1.61 bits per heavy atom. The van der Waals surface area contributed by atoms with Crippen LogP contribution in [-0.2, 0) is 6.54 Å². The van der Waals surface area contributed by atoms with Crippen molar-refractivity contribution in [3.8, 4) is 0 Å². The van der Waals surface area contributed by atoms with Crippen LogP contribution in [0.4, 0.5) is 4.39 Å². The molecule has 0 atom stereocenters. The number of carbonyl (C=O) groups is 1. The number of carbonyl (C=O) groups excluding carboxylic acids is 1. The molecule has 2 rings (SSSR count). The van der Waals surface area contributed by atoms with Crippen molar-refractivity contribution in [1.29, 1.82) is 0 Å². The maximum absolute atomic E-state index is 13.0. The van der Waals surface area contributed by atoms with Crippen LogP contribution >= 0.6 is 22.9 Å². The molecule has 0 spiro atoms. The summed E-state index contributed by atoms with van der Waals surface area (Å²) in [6.07, 6.45) is 0.975. The first-order chi connectivity index (χ1) is 8.58. The number of hydrogen-bond donors (Lipinski definition) is 1. The van der Waals surface area contributed by atoms with Gasteiger partial charge in [-0.15, -0.1) is 11.3 Å². The number of halogens is 2. The summed E-state index contributed by atoms with van der Waals surface area (Å²) in [5, 5.41) is 4.64.